The molecule has 3 nitrogen and oxygen atoms in total. The van der Waals surface area contributed by atoms with E-state index in [4.69, 9.17) is 0 Å². The topological polar surface area (TPSA) is 42.0 Å². The van der Waals surface area contributed by atoms with Crippen molar-refractivity contribution in [3.8, 4) is 0 Å². The van der Waals surface area contributed by atoms with Crippen LogP contribution in [0.4, 0.5) is 18.9 Å². The van der Waals surface area contributed by atoms with Crippen LogP contribution in [0.2, 0.25) is 0 Å². The second kappa shape index (κ2) is 5.85. The number of hydrogen-bond acceptors (Lipinski definition) is 2. The van der Waals surface area contributed by atoms with Crippen LogP contribution in [0.3, 0.4) is 0 Å². The summed E-state index contributed by atoms with van der Waals surface area (Å²) in [5.74, 6) is -0.576. The fourth-order valence-corrected chi connectivity index (χ4v) is 2.20. The third-order valence-electron chi connectivity index (χ3n) is 2.70. The largest absolute Gasteiger partial charge is 0.417 e. The standard InChI is InChI=1S/C14H10BrF3N2O/c1-8-2-4-11(10(15)6-8)20-13(21)12-5-3-9(7-19-12)14(16,17)18/h2-7H,1H3,(H,20,21). The van der Waals surface area contributed by atoms with Crippen molar-refractivity contribution in [3.63, 3.8) is 0 Å². The van der Waals surface area contributed by atoms with Crippen molar-refractivity contribution >= 4 is 27.5 Å². The molecule has 0 atom stereocenters. The average molecular weight is 359 g/mol. The van der Waals surface area contributed by atoms with Gasteiger partial charge in [0.15, 0.2) is 0 Å². The Labute approximate surface area is 127 Å². The molecule has 0 aliphatic carbocycles. The Balaban J connectivity index is 2.17. The molecule has 0 saturated carbocycles. The van der Waals surface area contributed by atoms with Crippen LogP contribution in [0, 0.1) is 6.92 Å². The molecule has 2 aromatic rings. The van der Waals surface area contributed by atoms with Crippen LogP contribution in [0.25, 0.3) is 0 Å². The first-order valence-electron chi connectivity index (χ1n) is 5.88. The summed E-state index contributed by atoms with van der Waals surface area (Å²) in [6.07, 6.45) is -3.83. The number of nitrogens with zero attached hydrogens (tertiary/aromatic N) is 1. The van der Waals surface area contributed by atoms with Crippen molar-refractivity contribution in [3.05, 3.63) is 57.8 Å². The highest BCUT2D eigenvalue weighted by atomic mass is 79.9. The van der Waals surface area contributed by atoms with Crippen LogP contribution in [0.5, 0.6) is 0 Å². The fraction of sp³-hybridized carbons (Fsp3) is 0.143. The van der Waals surface area contributed by atoms with Crippen LogP contribution in [-0.4, -0.2) is 10.9 Å². The number of pyridine rings is 1. The summed E-state index contributed by atoms with van der Waals surface area (Å²) in [7, 11) is 0. The molecule has 1 heterocycles. The van der Waals surface area contributed by atoms with Gasteiger partial charge in [-0.1, -0.05) is 6.07 Å². The number of alkyl halides is 3. The predicted molar refractivity (Wildman–Crippen MR) is 76.1 cm³/mol. The lowest BCUT2D eigenvalue weighted by molar-refractivity contribution is -0.137. The summed E-state index contributed by atoms with van der Waals surface area (Å²) in [4.78, 5) is 15.5. The molecular formula is C14H10BrF3N2O. The number of rotatable bonds is 2. The molecule has 0 aliphatic rings. The zero-order chi connectivity index (χ0) is 15.6. The molecule has 1 amide bonds. The van der Waals surface area contributed by atoms with Gasteiger partial charge in [-0.05, 0) is 52.7 Å². The highest BCUT2D eigenvalue weighted by Crippen LogP contribution is 2.28. The van der Waals surface area contributed by atoms with Gasteiger partial charge in [0.2, 0.25) is 0 Å². The van der Waals surface area contributed by atoms with Crippen molar-refractivity contribution in [2.24, 2.45) is 0 Å². The molecule has 1 aromatic carbocycles. The van der Waals surface area contributed by atoms with E-state index in [9.17, 15) is 18.0 Å². The number of halogens is 4. The molecule has 21 heavy (non-hydrogen) atoms. The Morgan fingerprint density at radius 1 is 1.24 bits per heavy atom. The number of aryl methyl sites for hydroxylation is 1. The summed E-state index contributed by atoms with van der Waals surface area (Å²) in [6, 6.07) is 7.18. The number of hydrogen-bond donors (Lipinski definition) is 1. The number of carbonyl (C=O) groups is 1. The quantitative estimate of drug-likeness (QED) is 0.862. The summed E-state index contributed by atoms with van der Waals surface area (Å²) in [5.41, 5.74) is 0.547. The minimum absolute atomic E-state index is 0.0875. The first-order chi connectivity index (χ1) is 9.77. The molecule has 0 radical (unpaired) electrons. The van der Waals surface area contributed by atoms with Crippen molar-refractivity contribution in [1.29, 1.82) is 0 Å². The monoisotopic (exact) mass is 358 g/mol. The molecule has 1 aromatic heterocycles. The van der Waals surface area contributed by atoms with Gasteiger partial charge < -0.3 is 5.32 Å². The zero-order valence-corrected chi connectivity index (χ0v) is 12.4. The van der Waals surface area contributed by atoms with Gasteiger partial charge in [-0.3, -0.25) is 9.78 Å². The minimum atomic E-state index is -4.47. The number of benzene rings is 1. The Bertz CT molecular complexity index is 669. The summed E-state index contributed by atoms with van der Waals surface area (Å²) >= 11 is 3.30. The van der Waals surface area contributed by atoms with E-state index < -0.39 is 17.6 Å². The van der Waals surface area contributed by atoms with Crippen molar-refractivity contribution in [2.75, 3.05) is 5.32 Å². The maximum Gasteiger partial charge on any atom is 0.417 e. The van der Waals surface area contributed by atoms with E-state index in [1.54, 1.807) is 12.1 Å². The smallest absolute Gasteiger partial charge is 0.320 e. The zero-order valence-electron chi connectivity index (χ0n) is 10.8. The summed E-state index contributed by atoms with van der Waals surface area (Å²) in [6.45, 7) is 1.90. The van der Waals surface area contributed by atoms with E-state index >= 15 is 0 Å². The van der Waals surface area contributed by atoms with Crippen molar-refractivity contribution in [1.82, 2.24) is 4.98 Å². The minimum Gasteiger partial charge on any atom is -0.320 e. The fourth-order valence-electron chi connectivity index (χ4n) is 1.60. The van der Waals surface area contributed by atoms with Crippen LogP contribution in [0.1, 0.15) is 21.6 Å². The number of carbonyl (C=O) groups excluding carboxylic acids is 1. The van der Waals surface area contributed by atoms with E-state index in [1.165, 1.54) is 0 Å². The second-order valence-corrected chi connectivity index (χ2v) is 5.22. The Morgan fingerprint density at radius 2 is 1.95 bits per heavy atom. The lowest BCUT2D eigenvalue weighted by atomic mass is 10.2. The molecule has 7 heteroatoms. The van der Waals surface area contributed by atoms with Gasteiger partial charge in [0.25, 0.3) is 5.91 Å². The lowest BCUT2D eigenvalue weighted by Gasteiger charge is -2.09. The molecule has 0 fully saturated rings. The molecular weight excluding hydrogens is 349 g/mol. The molecule has 110 valence electrons. The number of nitrogens with one attached hydrogen (secondary N) is 1. The van der Waals surface area contributed by atoms with E-state index in [0.29, 0.717) is 16.4 Å². The first-order valence-corrected chi connectivity index (χ1v) is 6.67. The Morgan fingerprint density at radius 3 is 2.48 bits per heavy atom. The van der Waals surface area contributed by atoms with Gasteiger partial charge in [-0.25, -0.2) is 0 Å². The predicted octanol–water partition coefficient (Wildman–Crippen LogP) is 4.42. The van der Waals surface area contributed by atoms with Gasteiger partial charge in [0.05, 0.1) is 11.3 Å². The van der Waals surface area contributed by atoms with Crippen molar-refractivity contribution in [2.45, 2.75) is 13.1 Å². The van der Waals surface area contributed by atoms with Crippen molar-refractivity contribution < 1.29 is 18.0 Å². The van der Waals surface area contributed by atoms with Gasteiger partial charge in [-0.2, -0.15) is 13.2 Å². The molecule has 0 spiro atoms. The van der Waals surface area contributed by atoms with Crippen LogP contribution in [0.15, 0.2) is 41.0 Å². The Kier molecular flexibility index (Phi) is 4.32. The van der Waals surface area contributed by atoms with Crippen LogP contribution in [-0.2, 0) is 6.18 Å². The van der Waals surface area contributed by atoms with Crippen LogP contribution >= 0.6 is 15.9 Å². The summed E-state index contributed by atoms with van der Waals surface area (Å²) in [5, 5.41) is 2.58. The van der Waals surface area contributed by atoms with Gasteiger partial charge >= 0.3 is 6.18 Å². The maximum absolute atomic E-state index is 12.4. The van der Waals surface area contributed by atoms with Gasteiger partial charge in [-0.15, -0.1) is 0 Å². The maximum atomic E-state index is 12.4. The first kappa shape index (κ1) is 15.5. The molecule has 1 N–H and O–H groups in total. The second-order valence-electron chi connectivity index (χ2n) is 4.37. The Hall–Kier alpha value is -1.89. The van der Waals surface area contributed by atoms with Crippen LogP contribution < -0.4 is 5.32 Å². The third-order valence-corrected chi connectivity index (χ3v) is 3.35. The summed E-state index contributed by atoms with van der Waals surface area (Å²) < 4.78 is 37.9. The number of anilines is 1. The average Bonchev–Trinajstić information content (AvgIpc) is 2.41. The molecule has 0 unspecified atom stereocenters. The molecule has 0 saturated heterocycles. The molecule has 0 aliphatic heterocycles. The van der Waals surface area contributed by atoms with Gasteiger partial charge in [0.1, 0.15) is 5.69 Å². The van der Waals surface area contributed by atoms with E-state index in [1.807, 2.05) is 13.0 Å². The number of aromatic nitrogens is 1. The highest BCUT2D eigenvalue weighted by molar-refractivity contribution is 9.10. The third kappa shape index (κ3) is 3.81. The van der Waals surface area contributed by atoms with E-state index in [0.717, 1.165) is 17.7 Å². The SMILES string of the molecule is Cc1ccc(NC(=O)c2ccc(C(F)(F)F)cn2)c(Br)c1. The molecule has 0 bridgehead atoms. The van der Waals surface area contributed by atoms with E-state index in [2.05, 4.69) is 26.2 Å². The number of amides is 1. The lowest BCUT2D eigenvalue weighted by Crippen LogP contribution is -2.15. The molecule has 2 rings (SSSR count). The van der Waals surface area contributed by atoms with E-state index in [-0.39, 0.29) is 5.69 Å². The highest BCUT2D eigenvalue weighted by Gasteiger charge is 2.30. The normalized spacial score (nSPS) is 11.3. The van der Waals surface area contributed by atoms with Gasteiger partial charge in [0, 0.05) is 10.7 Å².